The predicted octanol–water partition coefficient (Wildman–Crippen LogP) is 3.30. The van der Waals surface area contributed by atoms with Crippen LogP contribution < -0.4 is 0 Å². The van der Waals surface area contributed by atoms with Crippen LogP contribution in [0.2, 0.25) is 0 Å². The Hall–Kier alpha value is 0.0400. The van der Waals surface area contributed by atoms with E-state index in [0.717, 1.165) is 52.0 Å². The smallest absolute Gasteiger partial charge is 0.228 e. The van der Waals surface area contributed by atoms with Crippen molar-refractivity contribution < 1.29 is 4.79 Å². The molecule has 1 saturated heterocycles. The SMILES string of the molecule is CCN(CC)P(=S)(N(CC)CC)N1CCCCCC1=O. The highest BCUT2D eigenvalue weighted by Gasteiger charge is 2.38. The summed E-state index contributed by atoms with van der Waals surface area (Å²) in [7, 11) is 0. The average Bonchev–Trinajstić information content (AvgIpc) is 2.66. The van der Waals surface area contributed by atoms with E-state index in [2.05, 4.69) is 41.7 Å². The molecule has 0 aliphatic carbocycles. The first kappa shape index (κ1) is 18.1. The minimum absolute atomic E-state index is 0.268. The zero-order chi connectivity index (χ0) is 15.2. The molecule has 0 N–H and O–H groups in total. The molecule has 0 saturated carbocycles. The lowest BCUT2D eigenvalue weighted by atomic mass is 10.2. The van der Waals surface area contributed by atoms with Gasteiger partial charge in [0.1, 0.15) is 0 Å². The molecule has 1 fully saturated rings. The van der Waals surface area contributed by atoms with Crippen molar-refractivity contribution in [3.8, 4) is 0 Å². The quantitative estimate of drug-likeness (QED) is 0.673. The minimum atomic E-state index is -2.12. The summed E-state index contributed by atoms with van der Waals surface area (Å²) in [6.45, 7) is 11.0. The van der Waals surface area contributed by atoms with Gasteiger partial charge >= 0.3 is 0 Å². The normalized spacial score (nSPS) is 17.9. The maximum atomic E-state index is 12.6. The number of hydrogen-bond acceptors (Lipinski definition) is 2. The van der Waals surface area contributed by atoms with Crippen LogP contribution in [-0.2, 0) is 16.6 Å². The molecule has 6 heteroatoms. The van der Waals surface area contributed by atoms with Gasteiger partial charge < -0.3 is 0 Å². The lowest BCUT2D eigenvalue weighted by Crippen LogP contribution is -2.43. The second kappa shape index (κ2) is 8.47. The summed E-state index contributed by atoms with van der Waals surface area (Å²) in [4.78, 5) is 12.6. The molecule has 0 radical (unpaired) electrons. The number of carbonyl (C=O) groups is 1. The van der Waals surface area contributed by atoms with Crippen molar-refractivity contribution in [2.24, 2.45) is 0 Å². The van der Waals surface area contributed by atoms with E-state index in [-0.39, 0.29) is 5.91 Å². The van der Waals surface area contributed by atoms with Gasteiger partial charge in [-0.15, -0.1) is 0 Å². The molecule has 0 spiro atoms. The molecular formula is C14H30N3OPS. The van der Waals surface area contributed by atoms with Crippen LogP contribution in [-0.4, -0.2) is 52.6 Å². The molecule has 0 aromatic rings. The van der Waals surface area contributed by atoms with E-state index in [1.807, 2.05) is 0 Å². The van der Waals surface area contributed by atoms with Crippen LogP contribution in [0.4, 0.5) is 0 Å². The summed E-state index contributed by atoms with van der Waals surface area (Å²) >= 11 is 6.17. The van der Waals surface area contributed by atoms with E-state index in [0.29, 0.717) is 6.42 Å². The Morgan fingerprint density at radius 2 is 1.50 bits per heavy atom. The highest BCUT2D eigenvalue weighted by atomic mass is 32.4. The standard InChI is InChI=1S/C14H30N3OPS/c1-5-15(6-2)19(20,16(7-3)8-4)17-13-11-9-10-12-14(17)18/h5-13H2,1-4H3. The summed E-state index contributed by atoms with van der Waals surface area (Å²) in [5.41, 5.74) is 0. The van der Waals surface area contributed by atoms with Gasteiger partial charge in [0.05, 0.1) is 0 Å². The van der Waals surface area contributed by atoms with E-state index in [1.165, 1.54) is 0 Å². The number of hydrogen-bond donors (Lipinski definition) is 0. The first-order valence-electron chi connectivity index (χ1n) is 7.97. The number of rotatable bonds is 7. The van der Waals surface area contributed by atoms with E-state index in [1.54, 1.807) is 0 Å². The molecule has 1 aliphatic rings. The molecule has 0 atom stereocenters. The van der Waals surface area contributed by atoms with Crippen molar-refractivity contribution in [1.82, 2.24) is 14.0 Å². The fourth-order valence-corrected chi connectivity index (χ4v) is 8.05. The Bertz CT molecular complexity index is 340. The highest BCUT2D eigenvalue weighted by molar-refractivity contribution is 8.11. The molecular weight excluding hydrogens is 289 g/mol. The van der Waals surface area contributed by atoms with Gasteiger partial charge in [-0.05, 0) is 24.6 Å². The lowest BCUT2D eigenvalue weighted by molar-refractivity contribution is -0.126. The minimum Gasteiger partial charge on any atom is -0.291 e. The van der Waals surface area contributed by atoms with Crippen molar-refractivity contribution in [3.63, 3.8) is 0 Å². The van der Waals surface area contributed by atoms with Crippen molar-refractivity contribution in [1.29, 1.82) is 0 Å². The summed E-state index contributed by atoms with van der Waals surface area (Å²) in [6, 6.07) is 0. The summed E-state index contributed by atoms with van der Waals surface area (Å²) in [5, 5.41) is 0. The molecule has 1 heterocycles. The Labute approximate surface area is 129 Å². The molecule has 1 aliphatic heterocycles. The van der Waals surface area contributed by atoms with E-state index in [4.69, 9.17) is 11.8 Å². The number of nitrogens with zero attached hydrogens (tertiary/aromatic N) is 3. The molecule has 4 nitrogen and oxygen atoms in total. The zero-order valence-electron chi connectivity index (χ0n) is 13.5. The zero-order valence-corrected chi connectivity index (χ0v) is 15.2. The third kappa shape index (κ3) is 3.62. The highest BCUT2D eigenvalue weighted by Crippen LogP contribution is 2.57. The van der Waals surface area contributed by atoms with Gasteiger partial charge in [0.25, 0.3) is 0 Å². The predicted molar refractivity (Wildman–Crippen MR) is 90.3 cm³/mol. The van der Waals surface area contributed by atoms with Crippen molar-refractivity contribution >= 4 is 24.2 Å². The van der Waals surface area contributed by atoms with Crippen molar-refractivity contribution in [3.05, 3.63) is 0 Å². The largest absolute Gasteiger partial charge is 0.291 e. The Morgan fingerprint density at radius 1 is 1.00 bits per heavy atom. The van der Waals surface area contributed by atoms with Crippen LogP contribution in [0.1, 0.15) is 53.4 Å². The van der Waals surface area contributed by atoms with Crippen LogP contribution in [0.5, 0.6) is 0 Å². The molecule has 20 heavy (non-hydrogen) atoms. The molecule has 1 amide bonds. The number of amides is 1. The Balaban J connectivity index is 3.20. The summed E-state index contributed by atoms with van der Waals surface area (Å²) < 4.78 is 6.76. The van der Waals surface area contributed by atoms with Gasteiger partial charge in [0.2, 0.25) is 5.91 Å². The van der Waals surface area contributed by atoms with Crippen molar-refractivity contribution in [2.45, 2.75) is 53.4 Å². The van der Waals surface area contributed by atoms with Crippen LogP contribution in [0.15, 0.2) is 0 Å². The fourth-order valence-electron chi connectivity index (χ4n) is 2.91. The van der Waals surface area contributed by atoms with Gasteiger partial charge in [-0.3, -0.25) is 9.46 Å². The fraction of sp³-hybridized carbons (Fsp3) is 0.929. The second-order valence-electron chi connectivity index (χ2n) is 5.12. The lowest BCUT2D eigenvalue weighted by Gasteiger charge is -2.47. The maximum Gasteiger partial charge on any atom is 0.228 e. The average molecular weight is 319 g/mol. The molecule has 118 valence electrons. The van der Waals surface area contributed by atoms with Gasteiger partial charge in [-0.25, -0.2) is 9.34 Å². The van der Waals surface area contributed by atoms with Crippen LogP contribution in [0, 0.1) is 0 Å². The molecule has 0 unspecified atom stereocenters. The Morgan fingerprint density at radius 3 is 1.95 bits per heavy atom. The maximum absolute atomic E-state index is 12.6. The van der Waals surface area contributed by atoms with Gasteiger partial charge in [0, 0.05) is 39.1 Å². The molecule has 0 aromatic heterocycles. The first-order chi connectivity index (χ1) is 9.55. The van der Waals surface area contributed by atoms with Crippen LogP contribution in [0.3, 0.4) is 0 Å². The third-order valence-electron chi connectivity index (χ3n) is 4.06. The van der Waals surface area contributed by atoms with E-state index < -0.39 is 6.49 Å². The first-order valence-corrected chi connectivity index (χ1v) is 10.6. The second-order valence-corrected chi connectivity index (χ2v) is 9.23. The van der Waals surface area contributed by atoms with Crippen LogP contribution >= 0.6 is 6.49 Å². The van der Waals surface area contributed by atoms with E-state index in [9.17, 15) is 4.79 Å². The topological polar surface area (TPSA) is 26.8 Å². The third-order valence-corrected chi connectivity index (χ3v) is 9.69. The monoisotopic (exact) mass is 319 g/mol. The molecule has 0 bridgehead atoms. The van der Waals surface area contributed by atoms with Gasteiger partial charge in [-0.2, -0.15) is 0 Å². The van der Waals surface area contributed by atoms with Crippen molar-refractivity contribution in [2.75, 3.05) is 32.7 Å². The molecule has 0 aromatic carbocycles. The van der Waals surface area contributed by atoms with Crippen LogP contribution in [0.25, 0.3) is 0 Å². The Kier molecular flexibility index (Phi) is 7.67. The van der Waals surface area contributed by atoms with E-state index >= 15 is 0 Å². The molecule has 1 rings (SSSR count). The van der Waals surface area contributed by atoms with Gasteiger partial charge in [0.15, 0.2) is 6.49 Å². The van der Waals surface area contributed by atoms with Gasteiger partial charge in [-0.1, -0.05) is 34.1 Å². The summed E-state index contributed by atoms with van der Waals surface area (Å²) in [6.07, 6.45) is 3.92. The number of carbonyl (C=O) groups excluding carboxylic acids is 1. The summed E-state index contributed by atoms with van der Waals surface area (Å²) in [5.74, 6) is 0.268.